The third-order valence-corrected chi connectivity index (χ3v) is 9.61. The second-order valence-electron chi connectivity index (χ2n) is 12.4. The molecule has 2 heterocycles. The van der Waals surface area contributed by atoms with Gasteiger partial charge < -0.3 is 19.1 Å². The Balaban J connectivity index is 1.64. The number of ether oxygens (including phenoxy) is 2. The summed E-state index contributed by atoms with van der Waals surface area (Å²) in [6.45, 7) is 5.63. The highest BCUT2D eigenvalue weighted by Crippen LogP contribution is 2.53. The van der Waals surface area contributed by atoms with Gasteiger partial charge in [0.2, 0.25) is 5.72 Å². The highest BCUT2D eigenvalue weighted by atomic mass is 35.5. The zero-order chi connectivity index (χ0) is 34.9. The molecule has 1 aromatic heterocycles. The van der Waals surface area contributed by atoms with Crippen LogP contribution >= 0.6 is 11.6 Å². The van der Waals surface area contributed by atoms with Crippen LogP contribution in [-0.2, 0) is 32.6 Å². The average molecular weight is 683 g/mol. The summed E-state index contributed by atoms with van der Waals surface area (Å²) in [5.41, 5.74) is -1.78. The predicted octanol–water partition coefficient (Wildman–Crippen LogP) is 6.47. The first-order valence-electron chi connectivity index (χ1n) is 16.1. The fourth-order valence-corrected chi connectivity index (χ4v) is 7.03. The number of aliphatic hydroxyl groups is 1. The summed E-state index contributed by atoms with van der Waals surface area (Å²) in [5.74, 6) is -1.36. The normalized spacial score (nSPS) is 20.6. The fourth-order valence-electron chi connectivity index (χ4n) is 6.90. The average Bonchev–Trinajstić information content (AvgIpc) is 3.80. The van der Waals surface area contributed by atoms with Gasteiger partial charge in [-0.3, -0.25) is 14.5 Å². The highest BCUT2D eigenvalue weighted by Gasteiger charge is 2.58. The van der Waals surface area contributed by atoms with Crippen molar-refractivity contribution in [1.82, 2.24) is 14.5 Å². The quantitative estimate of drug-likeness (QED) is 0.134. The molecule has 1 fully saturated rings. The monoisotopic (exact) mass is 682 g/mol. The van der Waals surface area contributed by atoms with Gasteiger partial charge in [-0.25, -0.2) is 9.37 Å². The predicted molar refractivity (Wildman–Crippen MR) is 180 cm³/mol. The number of fused-ring (bicyclic) bond motifs is 1. The van der Waals surface area contributed by atoms with E-state index in [1.165, 1.54) is 17.0 Å². The molecule has 3 aromatic carbocycles. The molecule has 1 amide bonds. The lowest BCUT2D eigenvalue weighted by Gasteiger charge is -2.45. The van der Waals surface area contributed by atoms with Crippen molar-refractivity contribution in [2.24, 2.45) is 7.05 Å². The van der Waals surface area contributed by atoms with Crippen molar-refractivity contribution >= 4 is 23.3 Å². The minimum absolute atomic E-state index is 0.00417. The summed E-state index contributed by atoms with van der Waals surface area (Å²) in [5, 5.41) is 21.9. The van der Waals surface area contributed by atoms with E-state index in [0.717, 1.165) is 0 Å². The molecular formula is C38H36ClFN4O5. The number of aryl methyl sites for hydroxylation is 1. The maximum Gasteiger partial charge on any atom is 0.257 e. The maximum atomic E-state index is 17.2. The first-order chi connectivity index (χ1) is 23.5. The molecule has 252 valence electrons. The van der Waals surface area contributed by atoms with Gasteiger partial charge in [-0.2, -0.15) is 5.26 Å². The summed E-state index contributed by atoms with van der Waals surface area (Å²) >= 11 is 6.34. The standard InChI is InChI=1S/C38H36ClFN4O5/c1-4-16-48-22-33(25-8-6-24(20-41)7-9-25)44-36(46)31-17-27(37(47,5-2)34-21-43(3)23-42-34)18-32(40)35(31)38(44,26-10-12-28(39)13-11-26)49-30-15-14-29(45)19-30/h4,6-13,17-18,21,23,30,33,47H,1,5,14-16,19,22H2,2-3H3/t30-,33-,37?,38+/m0/s1. The number of hydrogen-bond donors (Lipinski definition) is 1. The van der Waals surface area contributed by atoms with E-state index in [2.05, 4.69) is 17.6 Å². The third-order valence-electron chi connectivity index (χ3n) is 9.36. The van der Waals surface area contributed by atoms with Crippen LogP contribution in [0.2, 0.25) is 5.02 Å². The molecule has 49 heavy (non-hydrogen) atoms. The number of nitrogens with zero attached hydrogens (tertiary/aromatic N) is 4. The zero-order valence-corrected chi connectivity index (χ0v) is 28.0. The number of aromatic nitrogens is 2. The van der Waals surface area contributed by atoms with Crippen molar-refractivity contribution in [2.45, 2.75) is 56.1 Å². The lowest BCUT2D eigenvalue weighted by Crippen LogP contribution is -2.51. The van der Waals surface area contributed by atoms with Gasteiger partial charge in [0.1, 0.15) is 17.2 Å². The van der Waals surface area contributed by atoms with Crippen molar-refractivity contribution in [3.8, 4) is 6.07 Å². The largest absolute Gasteiger partial charge is 0.379 e. The minimum Gasteiger partial charge on any atom is -0.379 e. The number of nitriles is 1. The zero-order valence-electron chi connectivity index (χ0n) is 27.2. The van der Waals surface area contributed by atoms with Crippen LogP contribution < -0.4 is 0 Å². The molecule has 0 bridgehead atoms. The molecule has 1 aliphatic carbocycles. The van der Waals surface area contributed by atoms with Gasteiger partial charge >= 0.3 is 0 Å². The van der Waals surface area contributed by atoms with E-state index in [-0.39, 0.29) is 48.5 Å². The number of amides is 1. The lowest BCUT2D eigenvalue weighted by atomic mass is 9.84. The van der Waals surface area contributed by atoms with Crippen molar-refractivity contribution in [3.63, 3.8) is 0 Å². The Bertz CT molecular complexity index is 1940. The molecule has 1 aliphatic heterocycles. The van der Waals surface area contributed by atoms with Crippen LogP contribution in [0.3, 0.4) is 0 Å². The van der Waals surface area contributed by atoms with Crippen molar-refractivity contribution in [2.75, 3.05) is 13.2 Å². The molecule has 1 N–H and O–H groups in total. The summed E-state index contributed by atoms with van der Waals surface area (Å²) < 4.78 is 31.8. The summed E-state index contributed by atoms with van der Waals surface area (Å²) in [4.78, 5) is 33.4. The number of rotatable bonds is 12. The number of carbonyl (C=O) groups excluding carboxylic acids is 2. The molecule has 1 saturated carbocycles. The van der Waals surface area contributed by atoms with Gasteiger partial charge in [-0.05, 0) is 60.4 Å². The second kappa shape index (κ2) is 13.7. The Morgan fingerprint density at radius 2 is 1.96 bits per heavy atom. The van der Waals surface area contributed by atoms with Crippen molar-refractivity contribution < 1.29 is 28.6 Å². The Morgan fingerprint density at radius 3 is 2.55 bits per heavy atom. The van der Waals surface area contributed by atoms with E-state index in [1.54, 1.807) is 85.7 Å². The van der Waals surface area contributed by atoms with Crippen LogP contribution in [0, 0.1) is 17.1 Å². The van der Waals surface area contributed by atoms with E-state index in [1.807, 2.05) is 0 Å². The fraction of sp³-hybridized carbons (Fsp3) is 0.316. The van der Waals surface area contributed by atoms with Gasteiger partial charge in [0.25, 0.3) is 5.91 Å². The van der Waals surface area contributed by atoms with Gasteiger partial charge in [-0.15, -0.1) is 6.58 Å². The Morgan fingerprint density at radius 1 is 1.22 bits per heavy atom. The molecular weight excluding hydrogens is 647 g/mol. The van der Waals surface area contributed by atoms with Crippen LogP contribution in [0.5, 0.6) is 0 Å². The van der Waals surface area contributed by atoms with Crippen LogP contribution in [0.1, 0.15) is 82.5 Å². The number of halogens is 2. The molecule has 11 heteroatoms. The van der Waals surface area contributed by atoms with Gasteiger partial charge in [0.15, 0.2) is 0 Å². The molecule has 0 spiro atoms. The van der Waals surface area contributed by atoms with Gasteiger partial charge in [0, 0.05) is 36.7 Å². The number of imidazole rings is 1. The van der Waals surface area contributed by atoms with Crippen LogP contribution in [-0.4, -0.2) is 50.6 Å². The number of benzene rings is 3. The first kappa shape index (κ1) is 34.2. The van der Waals surface area contributed by atoms with E-state index in [0.29, 0.717) is 40.2 Å². The highest BCUT2D eigenvalue weighted by molar-refractivity contribution is 6.30. The molecule has 4 atom stereocenters. The third kappa shape index (κ3) is 6.08. The van der Waals surface area contributed by atoms with Crippen LogP contribution in [0.4, 0.5) is 4.39 Å². The molecule has 0 radical (unpaired) electrons. The number of hydrogen-bond acceptors (Lipinski definition) is 7. The molecule has 9 nitrogen and oxygen atoms in total. The van der Waals surface area contributed by atoms with Gasteiger partial charge in [-0.1, -0.05) is 48.9 Å². The number of ketones is 1. The molecule has 1 unspecified atom stereocenters. The summed E-state index contributed by atoms with van der Waals surface area (Å²) in [6.07, 6.45) is 5.05. The van der Waals surface area contributed by atoms with Gasteiger partial charge in [0.05, 0.1) is 60.1 Å². The lowest BCUT2D eigenvalue weighted by molar-refractivity contribution is -0.162. The van der Waals surface area contributed by atoms with E-state index in [9.17, 15) is 15.2 Å². The first-order valence-corrected chi connectivity index (χ1v) is 16.5. The van der Waals surface area contributed by atoms with E-state index < -0.39 is 35.2 Å². The number of carbonyl (C=O) groups is 2. The molecule has 0 saturated heterocycles. The molecule has 4 aromatic rings. The number of Topliss-reactive ketones (excluding diaryl/α,β-unsaturated/α-hetero) is 1. The molecule has 6 rings (SSSR count). The van der Waals surface area contributed by atoms with Crippen molar-refractivity contribution in [3.05, 3.63) is 136 Å². The summed E-state index contributed by atoms with van der Waals surface area (Å²) in [6, 6.07) is 17.3. The Hall–Kier alpha value is -4.66. The van der Waals surface area contributed by atoms with Crippen LogP contribution in [0.25, 0.3) is 0 Å². The van der Waals surface area contributed by atoms with E-state index in [4.69, 9.17) is 21.1 Å². The SMILES string of the molecule is C=CCOC[C@@H](c1ccc(C#N)cc1)N1C(=O)c2cc(C(O)(CC)c3cn(C)cn3)cc(F)c2[C@]1(O[C@H]1CCC(=O)C1)c1ccc(Cl)cc1. The minimum atomic E-state index is -1.89. The smallest absolute Gasteiger partial charge is 0.257 e. The summed E-state index contributed by atoms with van der Waals surface area (Å²) in [7, 11) is 1.76. The maximum absolute atomic E-state index is 17.2. The second-order valence-corrected chi connectivity index (χ2v) is 12.9. The Labute approximate surface area is 289 Å². The molecule has 2 aliphatic rings. The Kier molecular flexibility index (Phi) is 9.56. The van der Waals surface area contributed by atoms with E-state index >= 15 is 9.18 Å². The van der Waals surface area contributed by atoms with Crippen LogP contribution in [0.15, 0.2) is 85.8 Å². The topological polar surface area (TPSA) is 118 Å². The van der Waals surface area contributed by atoms with Crippen molar-refractivity contribution in [1.29, 1.82) is 5.26 Å².